The van der Waals surface area contributed by atoms with E-state index in [1.807, 2.05) is 60.7 Å². The van der Waals surface area contributed by atoms with Gasteiger partial charge in [0.25, 0.3) is 5.91 Å². The first-order chi connectivity index (χ1) is 19.1. The lowest BCUT2D eigenvalue weighted by Gasteiger charge is -2.33. The number of hydrogen-bond donors (Lipinski definition) is 1. The number of carbonyl (C=O) groups excluding carboxylic acids is 2. The lowest BCUT2D eigenvalue weighted by Crippen LogP contribution is -2.53. The van der Waals surface area contributed by atoms with E-state index in [1.54, 1.807) is 37.3 Å². The molecule has 3 aromatic rings. The molecule has 0 unspecified atom stereocenters. The van der Waals surface area contributed by atoms with Gasteiger partial charge in [-0.3, -0.25) is 9.59 Å². The van der Waals surface area contributed by atoms with E-state index in [-0.39, 0.29) is 24.5 Å². The monoisotopic (exact) mass is 530 g/mol. The lowest BCUT2D eigenvalue weighted by molar-refractivity contribution is -0.143. The molecule has 1 N–H and O–H groups in total. The van der Waals surface area contributed by atoms with Crippen LogP contribution in [-0.4, -0.2) is 49.6 Å². The van der Waals surface area contributed by atoms with Crippen LogP contribution in [0.1, 0.15) is 43.2 Å². The highest BCUT2D eigenvalue weighted by atomic mass is 16.5. The molecule has 0 aromatic heterocycles. The first-order valence-corrected chi connectivity index (χ1v) is 13.6. The van der Waals surface area contributed by atoms with Gasteiger partial charge < -0.3 is 24.4 Å². The molecule has 0 saturated heterocycles. The molecule has 0 aliphatic heterocycles. The van der Waals surface area contributed by atoms with E-state index in [9.17, 15) is 9.59 Å². The highest BCUT2D eigenvalue weighted by Crippen LogP contribution is 2.27. The third-order valence-electron chi connectivity index (χ3n) is 7.11. The topological polar surface area (TPSA) is 77.1 Å². The Balaban J connectivity index is 1.60. The Kier molecular flexibility index (Phi) is 10.2. The van der Waals surface area contributed by atoms with Gasteiger partial charge in [-0.2, -0.15) is 0 Å². The van der Waals surface area contributed by atoms with Crippen molar-refractivity contribution in [3.05, 3.63) is 90.0 Å². The molecule has 1 fully saturated rings. The van der Waals surface area contributed by atoms with Crippen LogP contribution in [-0.2, 0) is 22.6 Å². The normalized spacial score (nSPS) is 14.2. The molecular weight excluding hydrogens is 492 g/mol. The Labute approximate surface area is 231 Å². The van der Waals surface area contributed by atoms with Crippen LogP contribution in [0.4, 0.5) is 0 Å². The molecule has 1 aliphatic rings. The fourth-order valence-corrected chi connectivity index (χ4v) is 4.97. The van der Waals surface area contributed by atoms with Crippen LogP contribution in [0.3, 0.4) is 0 Å². The summed E-state index contributed by atoms with van der Waals surface area (Å²) in [4.78, 5) is 29.3. The van der Waals surface area contributed by atoms with Crippen molar-refractivity contribution in [1.82, 2.24) is 10.2 Å². The zero-order valence-corrected chi connectivity index (χ0v) is 22.8. The molecule has 206 valence electrons. The van der Waals surface area contributed by atoms with E-state index >= 15 is 0 Å². The summed E-state index contributed by atoms with van der Waals surface area (Å²) < 4.78 is 16.6. The fourth-order valence-electron chi connectivity index (χ4n) is 4.97. The highest BCUT2D eigenvalue weighted by Gasteiger charge is 2.32. The van der Waals surface area contributed by atoms with Crippen LogP contribution in [0.25, 0.3) is 0 Å². The molecule has 7 heteroatoms. The zero-order chi connectivity index (χ0) is 27.5. The minimum Gasteiger partial charge on any atom is -0.496 e. The molecule has 1 aliphatic carbocycles. The van der Waals surface area contributed by atoms with Gasteiger partial charge >= 0.3 is 0 Å². The number of nitrogens with one attached hydrogen (secondary N) is 1. The Bertz CT molecular complexity index is 1170. The summed E-state index contributed by atoms with van der Waals surface area (Å²) in [6.45, 7) is 0.0607. The van der Waals surface area contributed by atoms with Crippen molar-refractivity contribution < 1.29 is 23.8 Å². The number of benzene rings is 3. The van der Waals surface area contributed by atoms with Gasteiger partial charge in [0, 0.05) is 37.2 Å². The van der Waals surface area contributed by atoms with Crippen molar-refractivity contribution in [2.75, 3.05) is 20.8 Å². The number of hydrogen-bond acceptors (Lipinski definition) is 5. The number of ether oxygens (including phenoxy) is 3. The maximum Gasteiger partial charge on any atom is 0.261 e. The van der Waals surface area contributed by atoms with Crippen molar-refractivity contribution in [3.63, 3.8) is 0 Å². The largest absolute Gasteiger partial charge is 0.496 e. The maximum absolute atomic E-state index is 13.8. The lowest BCUT2D eigenvalue weighted by atomic mass is 9.94. The maximum atomic E-state index is 13.8. The average Bonchev–Trinajstić information content (AvgIpc) is 2.99. The van der Waals surface area contributed by atoms with Gasteiger partial charge in [0.05, 0.1) is 14.2 Å². The van der Waals surface area contributed by atoms with Crippen LogP contribution in [0.5, 0.6) is 17.2 Å². The van der Waals surface area contributed by atoms with Crippen molar-refractivity contribution in [1.29, 1.82) is 0 Å². The van der Waals surface area contributed by atoms with E-state index in [4.69, 9.17) is 14.2 Å². The van der Waals surface area contributed by atoms with E-state index in [1.165, 1.54) is 6.42 Å². The predicted octanol–water partition coefficient (Wildman–Crippen LogP) is 5.17. The first-order valence-electron chi connectivity index (χ1n) is 13.6. The average molecular weight is 531 g/mol. The van der Waals surface area contributed by atoms with Crippen molar-refractivity contribution in [3.8, 4) is 17.2 Å². The van der Waals surface area contributed by atoms with E-state index in [0.717, 1.165) is 36.8 Å². The van der Waals surface area contributed by atoms with Crippen LogP contribution in [0, 0.1) is 0 Å². The number of rotatable bonds is 12. The van der Waals surface area contributed by atoms with Gasteiger partial charge in [-0.15, -0.1) is 0 Å². The fraction of sp³-hybridized carbons (Fsp3) is 0.375. The van der Waals surface area contributed by atoms with Gasteiger partial charge in [0.15, 0.2) is 6.61 Å². The third kappa shape index (κ3) is 8.24. The Morgan fingerprint density at radius 1 is 0.821 bits per heavy atom. The summed E-state index contributed by atoms with van der Waals surface area (Å²) in [5.74, 6) is 1.17. The Hall–Kier alpha value is -4.00. The Morgan fingerprint density at radius 2 is 1.38 bits per heavy atom. The summed E-state index contributed by atoms with van der Waals surface area (Å²) in [5, 5.41) is 3.26. The summed E-state index contributed by atoms with van der Waals surface area (Å²) >= 11 is 0. The standard InChI is InChI=1S/C32H38N2O5/c1-37-27-19-28(38-2)21-29(20-27)39-23-31(35)34(22-25-14-8-4-9-15-25)30(18-24-12-6-3-7-13-24)32(36)33-26-16-10-5-11-17-26/h3-4,6-9,12-15,19-21,26,30H,5,10-11,16-18,22-23H2,1-2H3,(H,33,36)/t30-/m1/s1. The van der Waals surface area contributed by atoms with Gasteiger partial charge in [-0.1, -0.05) is 79.9 Å². The minimum atomic E-state index is -0.689. The summed E-state index contributed by atoms with van der Waals surface area (Å²) in [7, 11) is 3.12. The van der Waals surface area contributed by atoms with Crippen molar-refractivity contribution in [2.24, 2.45) is 0 Å². The minimum absolute atomic E-state index is 0.127. The molecule has 4 rings (SSSR count). The van der Waals surface area contributed by atoms with Crippen LogP contribution in [0.15, 0.2) is 78.9 Å². The van der Waals surface area contributed by atoms with Gasteiger partial charge in [-0.05, 0) is 24.0 Å². The molecule has 7 nitrogen and oxygen atoms in total. The van der Waals surface area contributed by atoms with E-state index in [0.29, 0.717) is 30.2 Å². The molecule has 39 heavy (non-hydrogen) atoms. The third-order valence-corrected chi connectivity index (χ3v) is 7.11. The van der Waals surface area contributed by atoms with Crippen LogP contribution < -0.4 is 19.5 Å². The molecule has 0 spiro atoms. The molecular formula is C32H38N2O5. The molecule has 0 bridgehead atoms. The van der Waals surface area contributed by atoms with Gasteiger partial charge in [0.2, 0.25) is 5.91 Å². The van der Waals surface area contributed by atoms with Gasteiger partial charge in [-0.25, -0.2) is 0 Å². The second kappa shape index (κ2) is 14.2. The van der Waals surface area contributed by atoms with Crippen molar-refractivity contribution >= 4 is 11.8 Å². The van der Waals surface area contributed by atoms with E-state index in [2.05, 4.69) is 5.32 Å². The number of carbonyl (C=O) groups is 2. The number of nitrogens with zero attached hydrogens (tertiary/aromatic N) is 1. The molecule has 3 aromatic carbocycles. The number of amides is 2. The van der Waals surface area contributed by atoms with Crippen molar-refractivity contribution in [2.45, 2.75) is 57.2 Å². The van der Waals surface area contributed by atoms with Crippen LogP contribution in [0.2, 0.25) is 0 Å². The van der Waals surface area contributed by atoms with Crippen LogP contribution >= 0.6 is 0 Å². The first kappa shape index (κ1) is 28.0. The molecule has 1 atom stereocenters. The molecule has 0 radical (unpaired) electrons. The predicted molar refractivity (Wildman–Crippen MR) is 151 cm³/mol. The molecule has 0 heterocycles. The molecule has 1 saturated carbocycles. The van der Waals surface area contributed by atoms with E-state index < -0.39 is 6.04 Å². The summed E-state index contributed by atoms with van der Waals surface area (Å²) in [6, 6.07) is 24.2. The molecule has 2 amide bonds. The summed E-state index contributed by atoms with van der Waals surface area (Å²) in [5.41, 5.74) is 1.93. The second-order valence-corrected chi connectivity index (χ2v) is 9.89. The summed E-state index contributed by atoms with van der Waals surface area (Å²) in [6.07, 6.45) is 5.77. The van der Waals surface area contributed by atoms with Gasteiger partial charge in [0.1, 0.15) is 23.3 Å². The SMILES string of the molecule is COc1cc(OC)cc(OCC(=O)N(Cc2ccccc2)[C@H](Cc2ccccc2)C(=O)NC2CCCCC2)c1. The number of methoxy groups -OCH3 is 2. The quantitative estimate of drug-likeness (QED) is 0.350. The zero-order valence-electron chi connectivity index (χ0n) is 22.8. The Morgan fingerprint density at radius 3 is 1.97 bits per heavy atom. The highest BCUT2D eigenvalue weighted by molar-refractivity contribution is 5.88. The second-order valence-electron chi connectivity index (χ2n) is 9.89. The smallest absolute Gasteiger partial charge is 0.261 e.